The Morgan fingerprint density at radius 3 is 2.52 bits per heavy atom. The number of carboxylic acid groups (broad SMARTS) is 1. The molecule has 6 rings (SSSR count). The molecule has 4 N–H and O–H groups in total. The van der Waals surface area contributed by atoms with E-state index in [1.165, 1.54) is 0 Å². The zero-order valence-corrected chi connectivity index (χ0v) is 21.4. The Labute approximate surface area is 226 Å². The van der Waals surface area contributed by atoms with Gasteiger partial charge in [-0.15, -0.1) is 0 Å². The molecule has 0 aliphatic carbocycles. The van der Waals surface area contributed by atoms with Crippen molar-refractivity contribution in [3.8, 4) is 22.6 Å². The van der Waals surface area contributed by atoms with Gasteiger partial charge in [-0.25, -0.2) is 14.8 Å². The number of carboxylic acids is 1. The molecule has 0 bridgehead atoms. The maximum absolute atomic E-state index is 10.6. The SMILES string of the molecule is Nc1ncc(-c2cnn(C3CCNCC3)c2)cc1-c1nc2ccc(N3CCOCC3)cc2o1.O=C(O)C(F)(F)F. The summed E-state index contributed by atoms with van der Waals surface area (Å²) >= 11 is 0. The number of fused-ring (bicyclic) bond motifs is 1. The molecule has 4 aromatic rings. The summed E-state index contributed by atoms with van der Waals surface area (Å²) in [6, 6.07) is 8.52. The predicted molar refractivity (Wildman–Crippen MR) is 141 cm³/mol. The second kappa shape index (κ2) is 11.5. The van der Waals surface area contributed by atoms with Crippen molar-refractivity contribution in [1.82, 2.24) is 25.1 Å². The van der Waals surface area contributed by atoms with Crippen molar-refractivity contribution in [2.24, 2.45) is 0 Å². The number of aliphatic carboxylic acids is 1. The number of halogens is 3. The van der Waals surface area contributed by atoms with Crippen LogP contribution in [-0.2, 0) is 9.53 Å². The lowest BCUT2D eigenvalue weighted by atomic mass is 10.1. The maximum atomic E-state index is 10.6. The van der Waals surface area contributed by atoms with Crippen LogP contribution in [0.15, 0.2) is 47.3 Å². The first-order chi connectivity index (χ1) is 19.2. The monoisotopic (exact) mass is 559 g/mol. The minimum atomic E-state index is -5.08. The minimum absolute atomic E-state index is 0.393. The molecule has 0 amide bonds. The third kappa shape index (κ3) is 6.18. The Hall–Kier alpha value is -4.17. The van der Waals surface area contributed by atoms with E-state index in [0.29, 0.717) is 23.3 Å². The number of benzene rings is 1. The molecule has 2 fully saturated rings. The second-order valence-electron chi connectivity index (χ2n) is 9.42. The molecule has 2 aliphatic heterocycles. The van der Waals surface area contributed by atoms with Crippen molar-refractivity contribution in [3.05, 3.63) is 42.9 Å². The molecular weight excluding hydrogens is 531 g/mol. The van der Waals surface area contributed by atoms with Gasteiger partial charge in [0.15, 0.2) is 5.58 Å². The Bertz CT molecular complexity index is 1470. The lowest BCUT2D eigenvalue weighted by Crippen LogP contribution is -2.36. The molecule has 2 saturated heterocycles. The van der Waals surface area contributed by atoms with Crippen molar-refractivity contribution in [1.29, 1.82) is 0 Å². The normalized spacial score (nSPS) is 16.5. The van der Waals surface area contributed by atoms with Gasteiger partial charge >= 0.3 is 12.1 Å². The molecule has 0 atom stereocenters. The van der Waals surface area contributed by atoms with Gasteiger partial charge in [-0.1, -0.05) is 0 Å². The molecule has 0 radical (unpaired) electrons. The number of anilines is 2. The molecule has 1 aromatic carbocycles. The minimum Gasteiger partial charge on any atom is -0.475 e. The largest absolute Gasteiger partial charge is 0.490 e. The van der Waals surface area contributed by atoms with Gasteiger partial charge in [-0.05, 0) is 44.1 Å². The highest BCUT2D eigenvalue weighted by Crippen LogP contribution is 2.33. The zero-order valence-electron chi connectivity index (χ0n) is 21.4. The fraction of sp³-hybridized carbons (Fsp3) is 0.385. The van der Waals surface area contributed by atoms with Crippen molar-refractivity contribution < 1.29 is 32.2 Å². The highest BCUT2D eigenvalue weighted by molar-refractivity contribution is 5.83. The summed E-state index contributed by atoms with van der Waals surface area (Å²) in [5.74, 6) is -1.89. The number of alkyl halides is 3. The van der Waals surface area contributed by atoms with Crippen LogP contribution >= 0.6 is 0 Å². The van der Waals surface area contributed by atoms with Gasteiger partial charge in [0.1, 0.15) is 11.3 Å². The Morgan fingerprint density at radius 2 is 1.82 bits per heavy atom. The van der Waals surface area contributed by atoms with Crippen molar-refractivity contribution in [2.75, 3.05) is 50.0 Å². The highest BCUT2D eigenvalue weighted by atomic mass is 19.4. The standard InChI is InChI=1S/C24H27N7O2.C2HF3O2/c25-23-20(11-16(13-27-23)17-14-28-31(15-17)18-3-5-26-6-4-18)24-29-21-2-1-19(12-22(21)33-24)30-7-9-32-10-8-30;3-2(4,5)1(6)7/h1-2,11-15,18,26H,3-10H2,(H2,25,27);(H,6,7). The lowest BCUT2D eigenvalue weighted by Gasteiger charge is -2.28. The third-order valence-electron chi connectivity index (χ3n) is 6.76. The number of nitrogens with one attached hydrogen (secondary N) is 1. The van der Waals surface area contributed by atoms with Crippen molar-refractivity contribution >= 4 is 28.6 Å². The van der Waals surface area contributed by atoms with Crippen LogP contribution in [0.3, 0.4) is 0 Å². The van der Waals surface area contributed by atoms with E-state index >= 15 is 0 Å². The summed E-state index contributed by atoms with van der Waals surface area (Å²) < 4.78 is 45.4. The average Bonchev–Trinajstić information content (AvgIpc) is 3.62. The van der Waals surface area contributed by atoms with Gasteiger partial charge in [-0.2, -0.15) is 18.3 Å². The van der Waals surface area contributed by atoms with E-state index in [4.69, 9.17) is 24.8 Å². The molecule has 40 heavy (non-hydrogen) atoms. The third-order valence-corrected chi connectivity index (χ3v) is 6.76. The van der Waals surface area contributed by atoms with Gasteiger partial charge in [-0.3, -0.25) is 4.68 Å². The Morgan fingerprint density at radius 1 is 1.10 bits per heavy atom. The van der Waals surface area contributed by atoms with Crippen molar-refractivity contribution in [3.63, 3.8) is 0 Å². The smallest absolute Gasteiger partial charge is 0.475 e. The number of nitrogen functional groups attached to an aromatic ring is 1. The summed E-state index contributed by atoms with van der Waals surface area (Å²) in [7, 11) is 0. The van der Waals surface area contributed by atoms with Crippen LogP contribution < -0.4 is 16.0 Å². The fourth-order valence-corrected chi connectivity index (χ4v) is 4.61. The molecule has 11 nitrogen and oxygen atoms in total. The zero-order chi connectivity index (χ0) is 28.3. The van der Waals surface area contributed by atoms with E-state index in [9.17, 15) is 13.2 Å². The molecule has 0 saturated carbocycles. The number of carbonyl (C=O) groups is 1. The van der Waals surface area contributed by atoms with E-state index in [2.05, 4.69) is 42.2 Å². The van der Waals surface area contributed by atoms with Crippen LogP contribution in [-0.4, -0.2) is 76.4 Å². The number of morpholine rings is 1. The quantitative estimate of drug-likeness (QED) is 0.338. The number of ether oxygens (including phenoxy) is 1. The van der Waals surface area contributed by atoms with Gasteiger partial charge in [0.05, 0.1) is 31.0 Å². The number of nitrogens with zero attached hydrogens (tertiary/aromatic N) is 5. The van der Waals surface area contributed by atoms with Crippen LogP contribution in [0, 0.1) is 0 Å². The second-order valence-corrected chi connectivity index (χ2v) is 9.42. The number of nitrogens with two attached hydrogens (primary N) is 1. The van der Waals surface area contributed by atoms with E-state index in [-0.39, 0.29) is 0 Å². The number of rotatable bonds is 4. The maximum Gasteiger partial charge on any atom is 0.490 e. The first-order valence-electron chi connectivity index (χ1n) is 12.7. The number of piperidine rings is 1. The number of oxazole rings is 1. The Kier molecular flexibility index (Phi) is 7.89. The summed E-state index contributed by atoms with van der Waals surface area (Å²) in [4.78, 5) is 20.3. The van der Waals surface area contributed by atoms with E-state index in [1.54, 1.807) is 6.20 Å². The van der Waals surface area contributed by atoms with Crippen LogP contribution in [0.2, 0.25) is 0 Å². The predicted octanol–water partition coefficient (Wildman–Crippen LogP) is 3.73. The molecule has 2 aliphatic rings. The molecule has 5 heterocycles. The number of hydrogen-bond acceptors (Lipinski definition) is 9. The summed E-state index contributed by atoms with van der Waals surface area (Å²) in [5, 5.41) is 15.1. The number of aromatic nitrogens is 4. The lowest BCUT2D eigenvalue weighted by molar-refractivity contribution is -0.192. The van der Waals surface area contributed by atoms with Crippen LogP contribution in [0.25, 0.3) is 33.7 Å². The Balaban J connectivity index is 0.000000411. The summed E-state index contributed by atoms with van der Waals surface area (Å²) in [5.41, 5.74) is 11.5. The van der Waals surface area contributed by atoms with Crippen LogP contribution in [0.4, 0.5) is 24.7 Å². The first-order valence-corrected chi connectivity index (χ1v) is 12.7. The van der Waals surface area contributed by atoms with Gasteiger partial charge in [0.2, 0.25) is 5.89 Å². The fourth-order valence-electron chi connectivity index (χ4n) is 4.61. The molecular formula is C26H28F3N7O4. The van der Waals surface area contributed by atoms with E-state index < -0.39 is 12.1 Å². The molecule has 14 heteroatoms. The topological polar surface area (TPSA) is 145 Å². The van der Waals surface area contributed by atoms with Gasteiger partial charge in [0, 0.05) is 48.4 Å². The summed E-state index contributed by atoms with van der Waals surface area (Å²) in [6.45, 7) is 5.27. The molecule has 212 valence electrons. The molecule has 3 aromatic heterocycles. The van der Waals surface area contributed by atoms with Crippen LogP contribution in [0.5, 0.6) is 0 Å². The summed E-state index contributed by atoms with van der Waals surface area (Å²) in [6.07, 6.45) is 2.85. The number of hydrogen-bond donors (Lipinski definition) is 3. The first kappa shape index (κ1) is 27.4. The van der Waals surface area contributed by atoms with E-state index in [1.807, 2.05) is 24.4 Å². The van der Waals surface area contributed by atoms with Crippen LogP contribution in [0.1, 0.15) is 18.9 Å². The van der Waals surface area contributed by atoms with Crippen molar-refractivity contribution in [2.45, 2.75) is 25.1 Å². The van der Waals surface area contributed by atoms with Gasteiger partial charge in [0.25, 0.3) is 0 Å². The average molecular weight is 560 g/mol. The van der Waals surface area contributed by atoms with E-state index in [0.717, 1.165) is 80.1 Å². The van der Waals surface area contributed by atoms with Gasteiger partial charge < -0.3 is 30.2 Å². The molecule has 0 spiro atoms. The highest BCUT2D eigenvalue weighted by Gasteiger charge is 2.38. The molecule has 0 unspecified atom stereocenters. The number of pyridine rings is 1.